The maximum absolute atomic E-state index is 9.93. The van der Waals surface area contributed by atoms with Crippen molar-refractivity contribution in [2.24, 2.45) is 0 Å². The molecule has 108 valence electrons. The molecule has 2 heterocycles. The average Bonchev–Trinajstić information content (AvgIpc) is 2.48. The lowest BCUT2D eigenvalue weighted by Crippen LogP contribution is -2.34. The zero-order valence-corrected chi connectivity index (χ0v) is 12.5. The second-order valence-corrected chi connectivity index (χ2v) is 5.70. The minimum Gasteiger partial charge on any atom is -0.378 e. The highest BCUT2D eigenvalue weighted by atomic mass is 16.3. The van der Waals surface area contributed by atoms with Crippen LogP contribution in [0.5, 0.6) is 0 Å². The molecule has 0 spiro atoms. The van der Waals surface area contributed by atoms with Gasteiger partial charge in [0, 0.05) is 18.4 Å². The molecule has 1 aromatic rings. The van der Waals surface area contributed by atoms with Gasteiger partial charge < -0.3 is 5.11 Å². The van der Waals surface area contributed by atoms with Crippen molar-refractivity contribution in [1.29, 1.82) is 0 Å². The fraction of sp³-hybridized carbons (Fsp3) is 0.588. The first-order valence-electron chi connectivity index (χ1n) is 7.49. The van der Waals surface area contributed by atoms with Gasteiger partial charge in [-0.25, -0.2) is 0 Å². The van der Waals surface area contributed by atoms with Crippen LogP contribution in [0.15, 0.2) is 24.5 Å². The summed E-state index contributed by atoms with van der Waals surface area (Å²) in [5.41, 5.74) is 0.413. The number of pyridine rings is 1. The molecule has 0 bridgehead atoms. The molecule has 1 aromatic heterocycles. The lowest BCUT2D eigenvalue weighted by Gasteiger charge is -2.34. The molecule has 20 heavy (non-hydrogen) atoms. The van der Waals surface area contributed by atoms with E-state index in [0.717, 1.165) is 19.5 Å². The minimum absolute atomic E-state index is 0.415. The van der Waals surface area contributed by atoms with Gasteiger partial charge in [0.1, 0.15) is 5.60 Å². The van der Waals surface area contributed by atoms with Gasteiger partial charge in [0.2, 0.25) is 0 Å². The summed E-state index contributed by atoms with van der Waals surface area (Å²) < 4.78 is 0. The number of hydrogen-bond acceptors (Lipinski definition) is 3. The summed E-state index contributed by atoms with van der Waals surface area (Å²) in [5.74, 6) is 6.13. The summed E-state index contributed by atoms with van der Waals surface area (Å²) in [4.78, 5) is 6.63. The Balaban J connectivity index is 2.05. The molecule has 1 aliphatic rings. The third-order valence-electron chi connectivity index (χ3n) is 4.01. The van der Waals surface area contributed by atoms with E-state index in [4.69, 9.17) is 0 Å². The molecule has 0 saturated carbocycles. The molecule has 0 amide bonds. The highest BCUT2D eigenvalue weighted by Gasteiger charge is 2.23. The van der Waals surface area contributed by atoms with Crippen LogP contribution in [0.2, 0.25) is 0 Å². The average molecular weight is 272 g/mol. The fourth-order valence-electron chi connectivity index (χ4n) is 2.55. The van der Waals surface area contributed by atoms with Gasteiger partial charge >= 0.3 is 0 Å². The molecule has 3 heteroatoms. The van der Waals surface area contributed by atoms with E-state index < -0.39 is 5.60 Å². The predicted octanol–water partition coefficient (Wildman–Crippen LogP) is 2.77. The summed E-state index contributed by atoms with van der Waals surface area (Å²) in [6.07, 6.45) is 8.08. The Morgan fingerprint density at radius 2 is 2.35 bits per heavy atom. The molecule has 1 saturated heterocycles. The van der Waals surface area contributed by atoms with E-state index in [9.17, 15) is 5.11 Å². The second kappa shape index (κ2) is 6.88. The molecule has 2 rings (SSSR count). The van der Waals surface area contributed by atoms with Crippen LogP contribution in [0.25, 0.3) is 0 Å². The van der Waals surface area contributed by atoms with Crippen molar-refractivity contribution in [2.75, 3.05) is 13.1 Å². The Labute approximate surface area is 122 Å². The number of hydrogen-bond donors (Lipinski definition) is 1. The molecule has 0 unspecified atom stereocenters. The Bertz CT molecular complexity index is 473. The molecule has 1 fully saturated rings. The van der Waals surface area contributed by atoms with Crippen LogP contribution in [-0.2, 0) is 0 Å². The van der Waals surface area contributed by atoms with Crippen molar-refractivity contribution >= 4 is 0 Å². The van der Waals surface area contributed by atoms with Crippen LogP contribution in [0, 0.1) is 11.8 Å². The fourth-order valence-corrected chi connectivity index (χ4v) is 2.55. The first-order valence-corrected chi connectivity index (χ1v) is 7.49. The lowest BCUT2D eigenvalue weighted by molar-refractivity contribution is 0.117. The Morgan fingerprint density at radius 3 is 3.05 bits per heavy atom. The standard InChI is InChI=1S/C17H24N2O/c1-3-17(2,20)10-7-13-19-12-5-4-9-16(19)15-8-6-11-18-14-15/h6,8,11,14,16,20H,3-5,9,12-13H2,1-2H3/t16-,17-/m0/s1. The summed E-state index contributed by atoms with van der Waals surface area (Å²) in [6.45, 7) is 5.51. The van der Waals surface area contributed by atoms with Gasteiger partial charge in [-0.1, -0.05) is 31.3 Å². The van der Waals surface area contributed by atoms with E-state index in [-0.39, 0.29) is 0 Å². The van der Waals surface area contributed by atoms with Crippen LogP contribution in [0.3, 0.4) is 0 Å². The number of piperidine rings is 1. The SMILES string of the molecule is CC[C@](C)(O)C#CCN1CCCC[C@H]1c1cccnc1. The Hall–Kier alpha value is -1.37. The van der Waals surface area contributed by atoms with Crippen LogP contribution >= 0.6 is 0 Å². The van der Waals surface area contributed by atoms with Crippen molar-refractivity contribution in [2.45, 2.75) is 51.2 Å². The van der Waals surface area contributed by atoms with Gasteiger partial charge in [0.15, 0.2) is 0 Å². The van der Waals surface area contributed by atoms with Gasteiger partial charge in [0.25, 0.3) is 0 Å². The number of aromatic nitrogens is 1. The zero-order valence-electron chi connectivity index (χ0n) is 12.5. The van der Waals surface area contributed by atoms with Gasteiger partial charge in [-0.3, -0.25) is 9.88 Å². The molecular weight excluding hydrogens is 248 g/mol. The maximum Gasteiger partial charge on any atom is 0.122 e. The number of aliphatic hydroxyl groups is 1. The number of likely N-dealkylation sites (tertiary alicyclic amines) is 1. The van der Waals surface area contributed by atoms with Crippen LogP contribution in [0.1, 0.15) is 51.1 Å². The molecule has 0 aliphatic carbocycles. The zero-order chi connectivity index (χ0) is 14.4. The van der Waals surface area contributed by atoms with Gasteiger partial charge in [-0.05, 0) is 44.4 Å². The summed E-state index contributed by atoms with van der Waals surface area (Å²) in [6, 6.07) is 4.56. The van der Waals surface area contributed by atoms with E-state index in [2.05, 4.69) is 27.8 Å². The number of rotatable bonds is 3. The Kier molecular flexibility index (Phi) is 5.17. The molecule has 1 aliphatic heterocycles. The van der Waals surface area contributed by atoms with Crippen LogP contribution in [-0.4, -0.2) is 33.7 Å². The number of nitrogens with zero attached hydrogens (tertiary/aromatic N) is 2. The van der Waals surface area contributed by atoms with Crippen molar-refractivity contribution in [3.8, 4) is 11.8 Å². The highest BCUT2D eigenvalue weighted by Crippen LogP contribution is 2.29. The van der Waals surface area contributed by atoms with Gasteiger partial charge in [0.05, 0.1) is 6.54 Å². The third-order valence-corrected chi connectivity index (χ3v) is 4.01. The van der Waals surface area contributed by atoms with Crippen molar-refractivity contribution in [3.05, 3.63) is 30.1 Å². The van der Waals surface area contributed by atoms with E-state index in [1.54, 1.807) is 6.92 Å². The third kappa shape index (κ3) is 4.06. The van der Waals surface area contributed by atoms with Crippen molar-refractivity contribution in [3.63, 3.8) is 0 Å². The maximum atomic E-state index is 9.93. The topological polar surface area (TPSA) is 36.4 Å². The van der Waals surface area contributed by atoms with Gasteiger partial charge in [-0.15, -0.1) is 0 Å². The van der Waals surface area contributed by atoms with Crippen molar-refractivity contribution < 1.29 is 5.11 Å². The first kappa shape index (κ1) is 15.0. The largest absolute Gasteiger partial charge is 0.378 e. The van der Waals surface area contributed by atoms with E-state index >= 15 is 0 Å². The first-order chi connectivity index (χ1) is 9.62. The molecule has 2 atom stereocenters. The smallest absolute Gasteiger partial charge is 0.122 e. The molecule has 3 nitrogen and oxygen atoms in total. The normalized spacial score (nSPS) is 22.6. The highest BCUT2D eigenvalue weighted by molar-refractivity contribution is 5.17. The van der Waals surface area contributed by atoms with Gasteiger partial charge in [-0.2, -0.15) is 0 Å². The molecule has 1 N–H and O–H groups in total. The molecule has 0 radical (unpaired) electrons. The van der Waals surface area contributed by atoms with E-state index in [1.165, 1.54) is 18.4 Å². The van der Waals surface area contributed by atoms with E-state index in [1.807, 2.05) is 25.4 Å². The quantitative estimate of drug-likeness (QED) is 0.860. The Morgan fingerprint density at radius 1 is 1.50 bits per heavy atom. The predicted molar refractivity (Wildman–Crippen MR) is 81.1 cm³/mol. The minimum atomic E-state index is -0.862. The summed E-state index contributed by atoms with van der Waals surface area (Å²) in [7, 11) is 0. The summed E-state index contributed by atoms with van der Waals surface area (Å²) >= 11 is 0. The monoisotopic (exact) mass is 272 g/mol. The van der Waals surface area contributed by atoms with Crippen LogP contribution in [0.4, 0.5) is 0 Å². The van der Waals surface area contributed by atoms with E-state index in [0.29, 0.717) is 12.5 Å². The molecular formula is C17H24N2O. The van der Waals surface area contributed by atoms with Crippen LogP contribution < -0.4 is 0 Å². The lowest BCUT2D eigenvalue weighted by atomic mass is 9.96. The van der Waals surface area contributed by atoms with Crippen molar-refractivity contribution in [1.82, 2.24) is 9.88 Å². The second-order valence-electron chi connectivity index (χ2n) is 5.70. The summed E-state index contributed by atoms with van der Waals surface area (Å²) in [5, 5.41) is 9.93. The molecule has 0 aromatic carbocycles.